The standard InChI is InChI=1S/C13H16N4O3S/c1-10(17-8-2-7-15-17)13(18)16-12-5-3-11(4-6-12)9-21(14,19)20/h2-8,10H,9H2,1H3,(H,16,18)(H2,14,19,20). The van der Waals surface area contributed by atoms with Gasteiger partial charge in [-0.15, -0.1) is 0 Å². The highest BCUT2D eigenvalue weighted by molar-refractivity contribution is 7.88. The Morgan fingerprint density at radius 2 is 2.05 bits per heavy atom. The topological polar surface area (TPSA) is 107 Å². The number of carbonyl (C=O) groups excluding carboxylic acids is 1. The van der Waals surface area contributed by atoms with Crippen molar-refractivity contribution in [2.24, 2.45) is 5.14 Å². The highest BCUT2D eigenvalue weighted by Crippen LogP contribution is 2.13. The maximum Gasteiger partial charge on any atom is 0.248 e. The number of nitrogens with zero attached hydrogens (tertiary/aromatic N) is 2. The second kappa shape index (κ2) is 6.06. The van der Waals surface area contributed by atoms with E-state index in [0.717, 1.165) is 0 Å². The highest BCUT2D eigenvalue weighted by Gasteiger charge is 2.15. The number of carbonyl (C=O) groups is 1. The average molecular weight is 308 g/mol. The molecule has 8 heteroatoms. The van der Waals surface area contributed by atoms with Crippen LogP contribution in [-0.4, -0.2) is 24.1 Å². The molecule has 1 atom stereocenters. The number of primary sulfonamides is 1. The third-order valence-electron chi connectivity index (χ3n) is 2.89. The predicted octanol–water partition coefficient (Wildman–Crippen LogP) is 0.871. The zero-order chi connectivity index (χ0) is 15.5. The number of sulfonamides is 1. The summed E-state index contributed by atoms with van der Waals surface area (Å²) in [6, 6.07) is 7.79. The minimum absolute atomic E-state index is 0.210. The van der Waals surface area contributed by atoms with E-state index in [1.807, 2.05) is 0 Å². The molecule has 0 aliphatic heterocycles. The summed E-state index contributed by atoms with van der Waals surface area (Å²) in [5.74, 6) is -0.442. The molecular formula is C13H16N4O3S. The summed E-state index contributed by atoms with van der Waals surface area (Å²) < 4.78 is 23.5. The molecule has 0 aliphatic rings. The van der Waals surface area contributed by atoms with Gasteiger partial charge in [0.2, 0.25) is 15.9 Å². The molecule has 0 radical (unpaired) electrons. The van der Waals surface area contributed by atoms with Gasteiger partial charge in [-0.05, 0) is 30.7 Å². The van der Waals surface area contributed by atoms with Gasteiger partial charge in [0, 0.05) is 18.1 Å². The Kier molecular flexibility index (Phi) is 4.39. The van der Waals surface area contributed by atoms with Crippen molar-refractivity contribution in [1.82, 2.24) is 9.78 Å². The van der Waals surface area contributed by atoms with Gasteiger partial charge in [0.05, 0.1) is 5.75 Å². The first-order valence-electron chi connectivity index (χ1n) is 6.24. The number of anilines is 1. The second-order valence-electron chi connectivity index (χ2n) is 4.66. The molecule has 1 aromatic heterocycles. The van der Waals surface area contributed by atoms with Crippen molar-refractivity contribution in [2.45, 2.75) is 18.7 Å². The Bertz CT molecular complexity index is 708. The van der Waals surface area contributed by atoms with Crippen molar-refractivity contribution in [3.05, 3.63) is 48.3 Å². The molecule has 7 nitrogen and oxygen atoms in total. The van der Waals surface area contributed by atoms with E-state index in [1.54, 1.807) is 54.3 Å². The number of hydrogen-bond donors (Lipinski definition) is 2. The SMILES string of the molecule is CC(C(=O)Nc1ccc(CS(N)(=O)=O)cc1)n1cccn1. The van der Waals surface area contributed by atoms with Crippen LogP contribution in [-0.2, 0) is 20.6 Å². The first kappa shape index (κ1) is 15.2. The van der Waals surface area contributed by atoms with Gasteiger partial charge < -0.3 is 5.32 Å². The number of aromatic nitrogens is 2. The summed E-state index contributed by atoms with van der Waals surface area (Å²) in [6.07, 6.45) is 3.31. The Morgan fingerprint density at radius 3 is 2.57 bits per heavy atom. The van der Waals surface area contributed by atoms with E-state index in [4.69, 9.17) is 5.14 Å². The quantitative estimate of drug-likeness (QED) is 0.854. The summed E-state index contributed by atoms with van der Waals surface area (Å²) in [7, 11) is -3.56. The lowest BCUT2D eigenvalue weighted by Crippen LogP contribution is -2.24. The lowest BCUT2D eigenvalue weighted by atomic mass is 10.2. The molecule has 21 heavy (non-hydrogen) atoms. The maximum absolute atomic E-state index is 12.0. The number of benzene rings is 1. The molecule has 1 heterocycles. The predicted molar refractivity (Wildman–Crippen MR) is 78.8 cm³/mol. The van der Waals surface area contributed by atoms with Crippen LogP contribution in [0.5, 0.6) is 0 Å². The Hall–Kier alpha value is -2.19. The van der Waals surface area contributed by atoms with Crippen LogP contribution in [0.3, 0.4) is 0 Å². The minimum atomic E-state index is -3.56. The molecule has 0 saturated carbocycles. The maximum atomic E-state index is 12.0. The van der Waals surface area contributed by atoms with E-state index in [9.17, 15) is 13.2 Å². The summed E-state index contributed by atoms with van der Waals surface area (Å²) in [5.41, 5.74) is 1.15. The van der Waals surface area contributed by atoms with E-state index in [2.05, 4.69) is 10.4 Å². The summed E-state index contributed by atoms with van der Waals surface area (Å²) in [4.78, 5) is 12.0. The lowest BCUT2D eigenvalue weighted by Gasteiger charge is -2.12. The molecule has 0 bridgehead atoms. The fourth-order valence-electron chi connectivity index (χ4n) is 1.79. The normalized spacial score (nSPS) is 12.9. The van der Waals surface area contributed by atoms with Gasteiger partial charge in [-0.2, -0.15) is 5.10 Å². The Morgan fingerprint density at radius 1 is 1.38 bits per heavy atom. The van der Waals surface area contributed by atoms with Crippen molar-refractivity contribution in [1.29, 1.82) is 0 Å². The fraction of sp³-hybridized carbons (Fsp3) is 0.231. The Balaban J connectivity index is 2.02. The second-order valence-corrected chi connectivity index (χ2v) is 6.27. The smallest absolute Gasteiger partial charge is 0.248 e. The van der Waals surface area contributed by atoms with Gasteiger partial charge in [-0.25, -0.2) is 13.6 Å². The van der Waals surface area contributed by atoms with Gasteiger partial charge in [0.1, 0.15) is 6.04 Å². The molecule has 0 spiro atoms. The highest BCUT2D eigenvalue weighted by atomic mass is 32.2. The van der Waals surface area contributed by atoms with E-state index >= 15 is 0 Å². The van der Waals surface area contributed by atoms with E-state index in [-0.39, 0.29) is 11.7 Å². The van der Waals surface area contributed by atoms with Crippen LogP contribution >= 0.6 is 0 Å². The molecule has 1 aromatic carbocycles. The minimum Gasteiger partial charge on any atom is -0.324 e. The fourth-order valence-corrected chi connectivity index (χ4v) is 2.45. The molecule has 0 aliphatic carbocycles. The molecule has 2 aromatic rings. The van der Waals surface area contributed by atoms with Gasteiger partial charge in [0.15, 0.2) is 0 Å². The molecule has 0 saturated heterocycles. The first-order chi connectivity index (χ1) is 9.85. The van der Waals surface area contributed by atoms with Crippen LogP contribution in [0.15, 0.2) is 42.7 Å². The third kappa shape index (κ3) is 4.40. The largest absolute Gasteiger partial charge is 0.324 e. The van der Waals surface area contributed by atoms with E-state index in [0.29, 0.717) is 11.3 Å². The summed E-state index contributed by atoms with van der Waals surface area (Å²) in [5, 5.41) is 11.7. The van der Waals surface area contributed by atoms with E-state index in [1.165, 1.54) is 0 Å². The molecule has 1 unspecified atom stereocenters. The van der Waals surface area contributed by atoms with Crippen molar-refractivity contribution >= 4 is 21.6 Å². The van der Waals surface area contributed by atoms with Crippen LogP contribution < -0.4 is 10.5 Å². The average Bonchev–Trinajstić information content (AvgIpc) is 2.92. The molecule has 112 valence electrons. The van der Waals surface area contributed by atoms with Crippen molar-refractivity contribution < 1.29 is 13.2 Å². The zero-order valence-corrected chi connectivity index (χ0v) is 12.2. The first-order valence-corrected chi connectivity index (χ1v) is 7.96. The number of nitrogens with two attached hydrogens (primary N) is 1. The van der Waals surface area contributed by atoms with Gasteiger partial charge in [-0.1, -0.05) is 12.1 Å². The number of rotatable bonds is 5. The van der Waals surface area contributed by atoms with Crippen molar-refractivity contribution in [3.63, 3.8) is 0 Å². The lowest BCUT2D eigenvalue weighted by molar-refractivity contribution is -0.119. The number of nitrogens with one attached hydrogen (secondary N) is 1. The third-order valence-corrected chi connectivity index (χ3v) is 3.63. The van der Waals surface area contributed by atoms with Crippen LogP contribution in [0.4, 0.5) is 5.69 Å². The summed E-state index contributed by atoms with van der Waals surface area (Å²) in [6.45, 7) is 1.73. The monoisotopic (exact) mass is 308 g/mol. The van der Waals surface area contributed by atoms with Crippen molar-refractivity contribution in [2.75, 3.05) is 5.32 Å². The zero-order valence-electron chi connectivity index (χ0n) is 11.4. The van der Waals surface area contributed by atoms with Gasteiger partial charge in [-0.3, -0.25) is 9.48 Å². The molecule has 2 rings (SSSR count). The molecule has 0 fully saturated rings. The number of hydrogen-bond acceptors (Lipinski definition) is 4. The van der Waals surface area contributed by atoms with Gasteiger partial charge in [0.25, 0.3) is 0 Å². The van der Waals surface area contributed by atoms with Crippen LogP contribution in [0, 0.1) is 0 Å². The molecule has 3 N–H and O–H groups in total. The summed E-state index contributed by atoms with van der Waals surface area (Å²) >= 11 is 0. The van der Waals surface area contributed by atoms with E-state index < -0.39 is 16.1 Å². The number of amides is 1. The van der Waals surface area contributed by atoms with Crippen LogP contribution in [0.25, 0.3) is 0 Å². The Labute approximate surface area is 122 Å². The van der Waals surface area contributed by atoms with Gasteiger partial charge >= 0.3 is 0 Å². The van der Waals surface area contributed by atoms with Crippen LogP contribution in [0.1, 0.15) is 18.5 Å². The molecular weight excluding hydrogens is 292 g/mol. The van der Waals surface area contributed by atoms with Crippen molar-refractivity contribution in [3.8, 4) is 0 Å². The molecule has 1 amide bonds. The van der Waals surface area contributed by atoms with Crippen LogP contribution in [0.2, 0.25) is 0 Å².